The van der Waals surface area contributed by atoms with Crippen molar-refractivity contribution in [2.45, 2.75) is 46.3 Å². The largest absolute Gasteiger partial charge is 0.447 e. The molecule has 128 valence electrons. The quantitative estimate of drug-likeness (QED) is 0.810. The SMILES string of the molecule is CC(O)CC(C)(C)CNC(C)c1ccc(N2CCOC2=O)cc1. The Bertz CT molecular complexity index is 526. The molecule has 0 spiro atoms. The molecule has 1 fully saturated rings. The summed E-state index contributed by atoms with van der Waals surface area (Å²) in [6.45, 7) is 10.2. The Morgan fingerprint density at radius 2 is 1.96 bits per heavy atom. The second kappa shape index (κ2) is 7.32. The van der Waals surface area contributed by atoms with E-state index in [1.807, 2.05) is 31.2 Å². The van der Waals surface area contributed by atoms with Crippen LogP contribution in [0.25, 0.3) is 0 Å². The van der Waals surface area contributed by atoms with Gasteiger partial charge in [0.05, 0.1) is 12.6 Å². The lowest BCUT2D eigenvalue weighted by Gasteiger charge is -2.28. The molecule has 0 saturated carbocycles. The molecular weight excluding hydrogens is 292 g/mol. The highest BCUT2D eigenvalue weighted by Crippen LogP contribution is 2.25. The van der Waals surface area contributed by atoms with E-state index < -0.39 is 0 Å². The van der Waals surface area contributed by atoms with Crippen molar-refractivity contribution in [3.8, 4) is 0 Å². The van der Waals surface area contributed by atoms with Crippen LogP contribution >= 0.6 is 0 Å². The fourth-order valence-electron chi connectivity index (χ4n) is 2.99. The van der Waals surface area contributed by atoms with Gasteiger partial charge in [-0.15, -0.1) is 0 Å². The number of hydrogen-bond donors (Lipinski definition) is 2. The van der Waals surface area contributed by atoms with Crippen LogP contribution in [0, 0.1) is 5.41 Å². The number of carbonyl (C=O) groups excluding carboxylic acids is 1. The Balaban J connectivity index is 1.92. The van der Waals surface area contributed by atoms with E-state index in [4.69, 9.17) is 4.74 Å². The topological polar surface area (TPSA) is 61.8 Å². The molecule has 2 rings (SSSR count). The average molecular weight is 320 g/mol. The molecule has 0 aliphatic carbocycles. The number of aliphatic hydroxyl groups is 1. The summed E-state index contributed by atoms with van der Waals surface area (Å²) in [7, 11) is 0. The van der Waals surface area contributed by atoms with Crippen molar-refractivity contribution in [3.63, 3.8) is 0 Å². The maximum atomic E-state index is 11.6. The molecule has 0 aromatic heterocycles. The van der Waals surface area contributed by atoms with E-state index in [2.05, 4.69) is 26.1 Å². The molecule has 1 aliphatic heterocycles. The van der Waals surface area contributed by atoms with Crippen molar-refractivity contribution in [2.24, 2.45) is 5.41 Å². The van der Waals surface area contributed by atoms with Gasteiger partial charge in [0, 0.05) is 18.3 Å². The number of amides is 1. The number of benzene rings is 1. The van der Waals surface area contributed by atoms with Crippen molar-refractivity contribution in [2.75, 3.05) is 24.6 Å². The number of anilines is 1. The van der Waals surface area contributed by atoms with Gasteiger partial charge in [-0.2, -0.15) is 0 Å². The lowest BCUT2D eigenvalue weighted by atomic mass is 9.86. The predicted octanol–water partition coefficient (Wildman–Crippen LogP) is 3.09. The molecule has 0 bridgehead atoms. The van der Waals surface area contributed by atoms with Crippen molar-refractivity contribution in [1.82, 2.24) is 5.32 Å². The highest BCUT2D eigenvalue weighted by molar-refractivity contribution is 5.89. The van der Waals surface area contributed by atoms with Crippen LogP contribution < -0.4 is 10.2 Å². The molecule has 0 radical (unpaired) electrons. The van der Waals surface area contributed by atoms with E-state index in [0.717, 1.165) is 18.7 Å². The summed E-state index contributed by atoms with van der Waals surface area (Å²) >= 11 is 0. The fourth-order valence-corrected chi connectivity index (χ4v) is 2.99. The summed E-state index contributed by atoms with van der Waals surface area (Å²) < 4.78 is 4.96. The normalized spacial score (nSPS) is 18.0. The van der Waals surface area contributed by atoms with Crippen molar-refractivity contribution < 1.29 is 14.6 Å². The Hall–Kier alpha value is -1.59. The number of nitrogens with one attached hydrogen (secondary N) is 1. The van der Waals surface area contributed by atoms with Crippen molar-refractivity contribution >= 4 is 11.8 Å². The van der Waals surface area contributed by atoms with Crippen LogP contribution in [0.5, 0.6) is 0 Å². The van der Waals surface area contributed by atoms with E-state index in [1.54, 1.807) is 4.90 Å². The first-order chi connectivity index (χ1) is 10.8. The monoisotopic (exact) mass is 320 g/mol. The second-order valence-electron chi connectivity index (χ2n) is 7.18. The zero-order chi connectivity index (χ0) is 17.0. The number of cyclic esters (lactones) is 1. The Morgan fingerprint density at radius 3 is 2.48 bits per heavy atom. The smallest absolute Gasteiger partial charge is 0.414 e. The molecular formula is C18H28N2O3. The minimum atomic E-state index is -0.290. The number of rotatable bonds is 7. The number of nitrogens with zero attached hydrogens (tertiary/aromatic N) is 1. The predicted molar refractivity (Wildman–Crippen MR) is 91.6 cm³/mol. The van der Waals surface area contributed by atoms with Gasteiger partial charge in [0.2, 0.25) is 0 Å². The highest BCUT2D eigenvalue weighted by atomic mass is 16.6. The van der Waals surface area contributed by atoms with Crippen molar-refractivity contribution in [3.05, 3.63) is 29.8 Å². The summed E-state index contributed by atoms with van der Waals surface area (Å²) in [5, 5.41) is 13.1. The van der Waals surface area contributed by atoms with Gasteiger partial charge in [0.25, 0.3) is 0 Å². The molecule has 2 N–H and O–H groups in total. The van der Waals surface area contributed by atoms with Gasteiger partial charge < -0.3 is 15.2 Å². The lowest BCUT2D eigenvalue weighted by molar-refractivity contribution is 0.127. The first kappa shape index (κ1) is 17.8. The standard InChI is InChI=1S/C18H28N2O3/c1-13(21)11-18(3,4)12-19-14(2)15-5-7-16(8-6-15)20-9-10-23-17(20)22/h5-8,13-14,19,21H,9-12H2,1-4H3. The van der Waals surface area contributed by atoms with Gasteiger partial charge in [-0.25, -0.2) is 4.79 Å². The highest BCUT2D eigenvalue weighted by Gasteiger charge is 2.24. The first-order valence-electron chi connectivity index (χ1n) is 8.24. The maximum absolute atomic E-state index is 11.6. The number of hydrogen-bond acceptors (Lipinski definition) is 4. The number of aliphatic hydroxyl groups excluding tert-OH is 1. The third-order valence-corrected chi connectivity index (χ3v) is 4.20. The molecule has 1 heterocycles. The van der Waals surface area contributed by atoms with Gasteiger partial charge in [0.15, 0.2) is 0 Å². The van der Waals surface area contributed by atoms with E-state index in [0.29, 0.717) is 13.2 Å². The maximum Gasteiger partial charge on any atom is 0.414 e. The molecule has 5 heteroatoms. The molecule has 1 saturated heterocycles. The molecule has 2 atom stereocenters. The zero-order valence-electron chi connectivity index (χ0n) is 14.5. The molecule has 2 unspecified atom stereocenters. The van der Waals surface area contributed by atoms with Crippen LogP contribution in [0.1, 0.15) is 45.7 Å². The molecule has 1 amide bonds. The molecule has 1 aliphatic rings. The Morgan fingerprint density at radius 1 is 1.30 bits per heavy atom. The van der Waals surface area contributed by atoms with Crippen LogP contribution in [0.15, 0.2) is 24.3 Å². The van der Waals surface area contributed by atoms with Gasteiger partial charge in [-0.1, -0.05) is 26.0 Å². The van der Waals surface area contributed by atoms with E-state index in [-0.39, 0.29) is 23.7 Å². The number of carbonyl (C=O) groups is 1. The van der Waals surface area contributed by atoms with Crippen LogP contribution in [-0.4, -0.2) is 37.0 Å². The van der Waals surface area contributed by atoms with Crippen LogP contribution in [0.4, 0.5) is 10.5 Å². The average Bonchev–Trinajstić information content (AvgIpc) is 2.90. The summed E-state index contributed by atoms with van der Waals surface area (Å²) in [6, 6.07) is 8.21. The molecule has 1 aromatic carbocycles. The van der Waals surface area contributed by atoms with Crippen LogP contribution in [-0.2, 0) is 4.74 Å². The van der Waals surface area contributed by atoms with E-state index >= 15 is 0 Å². The molecule has 23 heavy (non-hydrogen) atoms. The summed E-state index contributed by atoms with van der Waals surface area (Å²) in [4.78, 5) is 13.2. The third-order valence-electron chi connectivity index (χ3n) is 4.20. The summed E-state index contributed by atoms with van der Waals surface area (Å²) in [5.41, 5.74) is 2.09. The summed E-state index contributed by atoms with van der Waals surface area (Å²) in [5.74, 6) is 0. The minimum absolute atomic E-state index is 0.0433. The summed E-state index contributed by atoms with van der Waals surface area (Å²) in [6.07, 6.45) is 0.202. The van der Waals surface area contributed by atoms with Gasteiger partial charge in [-0.05, 0) is 43.4 Å². The van der Waals surface area contributed by atoms with E-state index in [9.17, 15) is 9.90 Å². The molecule has 5 nitrogen and oxygen atoms in total. The zero-order valence-corrected chi connectivity index (χ0v) is 14.5. The lowest BCUT2D eigenvalue weighted by Crippen LogP contribution is -2.33. The first-order valence-corrected chi connectivity index (χ1v) is 8.24. The van der Waals surface area contributed by atoms with Crippen LogP contribution in [0.2, 0.25) is 0 Å². The number of ether oxygens (including phenoxy) is 1. The Kier molecular flexibility index (Phi) is 5.65. The van der Waals surface area contributed by atoms with Crippen LogP contribution in [0.3, 0.4) is 0 Å². The van der Waals surface area contributed by atoms with Gasteiger partial charge >= 0.3 is 6.09 Å². The van der Waals surface area contributed by atoms with Gasteiger partial charge in [-0.3, -0.25) is 4.90 Å². The van der Waals surface area contributed by atoms with Crippen molar-refractivity contribution in [1.29, 1.82) is 0 Å². The molecule has 1 aromatic rings. The third kappa shape index (κ3) is 4.94. The van der Waals surface area contributed by atoms with E-state index in [1.165, 1.54) is 5.56 Å². The second-order valence-corrected chi connectivity index (χ2v) is 7.18. The fraction of sp³-hybridized carbons (Fsp3) is 0.611. The Labute approximate surface area is 138 Å². The van der Waals surface area contributed by atoms with Gasteiger partial charge in [0.1, 0.15) is 6.61 Å². The minimum Gasteiger partial charge on any atom is -0.447 e.